The van der Waals surface area contributed by atoms with Crippen LogP contribution in [0.3, 0.4) is 0 Å². The third kappa shape index (κ3) is 3.68. The number of thioether (sulfide) groups is 1. The zero-order chi connectivity index (χ0) is 16.9. The number of aromatic nitrogens is 3. The number of carbonyl (C=O) groups is 1. The highest BCUT2D eigenvalue weighted by atomic mass is 32.2. The van der Waals surface area contributed by atoms with Crippen molar-refractivity contribution in [3.05, 3.63) is 53.8 Å². The molecule has 2 heterocycles. The highest BCUT2D eigenvalue weighted by Gasteiger charge is 2.17. The fourth-order valence-electron chi connectivity index (χ4n) is 2.32. The molecule has 2 N–H and O–H groups in total. The third-order valence-corrected chi connectivity index (χ3v) is 4.67. The molecule has 124 valence electrons. The first-order chi connectivity index (χ1) is 11.6. The molecule has 0 spiro atoms. The number of nitrogens with two attached hydrogens (primary N) is 1. The topological polar surface area (TPSA) is 86.9 Å². The van der Waals surface area contributed by atoms with Crippen LogP contribution in [0.2, 0.25) is 0 Å². The summed E-state index contributed by atoms with van der Waals surface area (Å²) in [6.07, 6.45) is 1.81. The van der Waals surface area contributed by atoms with Crippen molar-refractivity contribution in [1.29, 1.82) is 0 Å². The Labute approximate surface area is 144 Å². The Bertz CT molecular complexity index is 827. The summed E-state index contributed by atoms with van der Waals surface area (Å²) >= 11 is 1.58. The Balaban J connectivity index is 1.84. The zero-order valence-corrected chi connectivity index (χ0v) is 14.1. The maximum atomic E-state index is 11.2. The summed E-state index contributed by atoms with van der Waals surface area (Å²) < 4.78 is 7.29. The number of furan rings is 1. The number of aryl methyl sites for hydroxylation is 1. The van der Waals surface area contributed by atoms with Crippen molar-refractivity contribution in [3.8, 4) is 11.6 Å². The van der Waals surface area contributed by atoms with E-state index in [1.54, 1.807) is 24.1 Å². The second kappa shape index (κ2) is 7.35. The SMILES string of the molecule is Cc1ccccc1CSc1nnc(-c2ccco2)n1CCC(N)=O. The van der Waals surface area contributed by atoms with Gasteiger partial charge in [-0.2, -0.15) is 0 Å². The molecule has 2 aromatic heterocycles. The number of carbonyl (C=O) groups excluding carboxylic acids is 1. The van der Waals surface area contributed by atoms with Gasteiger partial charge in [-0.05, 0) is 30.2 Å². The Morgan fingerprint density at radius 2 is 2.08 bits per heavy atom. The van der Waals surface area contributed by atoms with Gasteiger partial charge in [0.25, 0.3) is 0 Å². The molecule has 6 nitrogen and oxygen atoms in total. The molecule has 0 aliphatic rings. The van der Waals surface area contributed by atoms with Gasteiger partial charge in [-0.1, -0.05) is 36.0 Å². The molecule has 0 saturated heterocycles. The zero-order valence-electron chi connectivity index (χ0n) is 13.3. The van der Waals surface area contributed by atoms with Crippen LogP contribution < -0.4 is 5.73 Å². The van der Waals surface area contributed by atoms with E-state index in [-0.39, 0.29) is 12.3 Å². The van der Waals surface area contributed by atoms with Crippen LogP contribution in [0.1, 0.15) is 17.5 Å². The van der Waals surface area contributed by atoms with Gasteiger partial charge in [0.05, 0.1) is 6.26 Å². The number of hydrogen-bond donors (Lipinski definition) is 1. The fraction of sp³-hybridized carbons (Fsp3) is 0.235. The van der Waals surface area contributed by atoms with Crippen LogP contribution in [0.25, 0.3) is 11.6 Å². The first-order valence-corrected chi connectivity index (χ1v) is 8.56. The minimum atomic E-state index is -0.357. The Kier molecular flexibility index (Phi) is 5.00. The highest BCUT2D eigenvalue weighted by molar-refractivity contribution is 7.98. The summed E-state index contributed by atoms with van der Waals surface area (Å²) in [6.45, 7) is 2.51. The Hall–Kier alpha value is -2.54. The van der Waals surface area contributed by atoms with Gasteiger partial charge >= 0.3 is 0 Å². The molecular formula is C17H18N4O2S. The number of rotatable bonds is 7. The highest BCUT2D eigenvalue weighted by Crippen LogP contribution is 2.27. The van der Waals surface area contributed by atoms with Crippen LogP contribution in [0.15, 0.2) is 52.2 Å². The lowest BCUT2D eigenvalue weighted by Crippen LogP contribution is -2.15. The fourth-order valence-corrected chi connectivity index (χ4v) is 3.36. The van der Waals surface area contributed by atoms with Gasteiger partial charge in [0.2, 0.25) is 5.91 Å². The number of amides is 1. The Morgan fingerprint density at radius 3 is 2.79 bits per heavy atom. The number of benzene rings is 1. The first-order valence-electron chi connectivity index (χ1n) is 7.58. The van der Waals surface area contributed by atoms with Gasteiger partial charge < -0.3 is 10.2 Å². The second-order valence-corrected chi connectivity index (χ2v) is 6.31. The van der Waals surface area contributed by atoms with Crippen LogP contribution in [-0.2, 0) is 17.1 Å². The molecule has 0 aliphatic carbocycles. The van der Waals surface area contributed by atoms with E-state index < -0.39 is 0 Å². The summed E-state index contributed by atoms with van der Waals surface area (Å²) in [5.41, 5.74) is 7.77. The van der Waals surface area contributed by atoms with E-state index >= 15 is 0 Å². The molecule has 1 aromatic carbocycles. The van der Waals surface area contributed by atoms with Gasteiger partial charge in [-0.15, -0.1) is 10.2 Å². The van der Waals surface area contributed by atoms with Crippen molar-refractivity contribution in [2.24, 2.45) is 5.73 Å². The largest absolute Gasteiger partial charge is 0.461 e. The number of hydrogen-bond acceptors (Lipinski definition) is 5. The summed E-state index contributed by atoms with van der Waals surface area (Å²) in [7, 11) is 0. The summed E-state index contributed by atoms with van der Waals surface area (Å²) in [5.74, 6) is 1.65. The van der Waals surface area contributed by atoms with Crippen LogP contribution in [0.5, 0.6) is 0 Å². The molecule has 0 radical (unpaired) electrons. The molecule has 7 heteroatoms. The molecule has 24 heavy (non-hydrogen) atoms. The maximum Gasteiger partial charge on any atom is 0.219 e. The van der Waals surface area contributed by atoms with Gasteiger partial charge in [-0.3, -0.25) is 9.36 Å². The summed E-state index contributed by atoms with van der Waals surface area (Å²) in [6, 6.07) is 11.8. The second-order valence-electron chi connectivity index (χ2n) is 5.37. The average Bonchev–Trinajstić information content (AvgIpc) is 3.21. The monoisotopic (exact) mass is 342 g/mol. The molecule has 0 fully saturated rings. The minimum absolute atomic E-state index is 0.226. The summed E-state index contributed by atoms with van der Waals surface area (Å²) in [4.78, 5) is 11.2. The van der Waals surface area contributed by atoms with Crippen LogP contribution in [0, 0.1) is 6.92 Å². The maximum absolute atomic E-state index is 11.2. The van der Waals surface area contributed by atoms with Crippen molar-refractivity contribution in [3.63, 3.8) is 0 Å². The van der Waals surface area contributed by atoms with E-state index in [0.717, 1.165) is 10.9 Å². The third-order valence-electron chi connectivity index (χ3n) is 3.66. The van der Waals surface area contributed by atoms with E-state index in [2.05, 4.69) is 29.3 Å². The molecule has 3 aromatic rings. The van der Waals surface area contributed by atoms with Crippen LogP contribution >= 0.6 is 11.8 Å². The lowest BCUT2D eigenvalue weighted by molar-refractivity contribution is -0.118. The van der Waals surface area contributed by atoms with Gasteiger partial charge in [0.1, 0.15) is 0 Å². The Morgan fingerprint density at radius 1 is 1.25 bits per heavy atom. The predicted molar refractivity (Wildman–Crippen MR) is 92.3 cm³/mol. The number of primary amides is 1. The minimum Gasteiger partial charge on any atom is -0.461 e. The van der Waals surface area contributed by atoms with Crippen molar-refractivity contribution >= 4 is 17.7 Å². The number of nitrogens with zero attached hydrogens (tertiary/aromatic N) is 3. The van der Waals surface area contributed by atoms with Crippen molar-refractivity contribution in [2.75, 3.05) is 0 Å². The molecular weight excluding hydrogens is 324 g/mol. The van der Waals surface area contributed by atoms with E-state index in [1.807, 2.05) is 22.8 Å². The standard InChI is InChI=1S/C17H18N4O2S/c1-12-5-2-3-6-13(12)11-24-17-20-19-16(14-7-4-10-23-14)21(17)9-8-15(18)22/h2-7,10H,8-9,11H2,1H3,(H2,18,22). The summed E-state index contributed by atoms with van der Waals surface area (Å²) in [5, 5.41) is 9.22. The lowest BCUT2D eigenvalue weighted by atomic mass is 10.1. The van der Waals surface area contributed by atoms with Crippen LogP contribution in [-0.4, -0.2) is 20.7 Å². The van der Waals surface area contributed by atoms with Gasteiger partial charge in [-0.25, -0.2) is 0 Å². The van der Waals surface area contributed by atoms with Crippen LogP contribution in [0.4, 0.5) is 0 Å². The average molecular weight is 342 g/mol. The van der Waals surface area contributed by atoms with Crippen molar-refractivity contribution in [2.45, 2.75) is 30.8 Å². The first kappa shape index (κ1) is 16.3. The molecule has 0 unspecified atom stereocenters. The van der Waals surface area contributed by atoms with E-state index in [1.165, 1.54) is 11.1 Å². The molecule has 0 saturated carbocycles. The molecule has 0 bridgehead atoms. The molecule has 3 rings (SSSR count). The normalized spacial score (nSPS) is 10.9. The molecule has 0 atom stereocenters. The van der Waals surface area contributed by atoms with Crippen molar-refractivity contribution < 1.29 is 9.21 Å². The predicted octanol–water partition coefficient (Wildman–Crippen LogP) is 3.01. The smallest absolute Gasteiger partial charge is 0.219 e. The van der Waals surface area contributed by atoms with E-state index in [4.69, 9.17) is 10.2 Å². The van der Waals surface area contributed by atoms with E-state index in [9.17, 15) is 4.79 Å². The van der Waals surface area contributed by atoms with Crippen molar-refractivity contribution in [1.82, 2.24) is 14.8 Å². The quantitative estimate of drug-likeness (QED) is 0.667. The molecule has 0 aliphatic heterocycles. The van der Waals surface area contributed by atoms with Gasteiger partial charge in [0.15, 0.2) is 16.7 Å². The lowest BCUT2D eigenvalue weighted by Gasteiger charge is -2.09. The van der Waals surface area contributed by atoms with Gasteiger partial charge in [0, 0.05) is 18.7 Å². The molecule has 1 amide bonds. The van der Waals surface area contributed by atoms with E-state index in [0.29, 0.717) is 18.1 Å².